The van der Waals surface area contributed by atoms with Gasteiger partial charge >= 0.3 is 0 Å². The van der Waals surface area contributed by atoms with Crippen molar-refractivity contribution >= 4 is 32.6 Å². The Kier molecular flexibility index (Phi) is 4.99. The molecule has 15 heavy (non-hydrogen) atoms. The van der Waals surface area contributed by atoms with E-state index in [9.17, 15) is 0 Å². The molecule has 0 amide bonds. The van der Waals surface area contributed by atoms with Gasteiger partial charge < -0.3 is 5.32 Å². The monoisotopic (exact) mass is 291 g/mol. The van der Waals surface area contributed by atoms with Crippen molar-refractivity contribution in [1.29, 1.82) is 0 Å². The second-order valence-corrected chi connectivity index (χ2v) is 5.58. The lowest BCUT2D eigenvalue weighted by molar-refractivity contribution is 0.571. The van der Waals surface area contributed by atoms with Crippen LogP contribution in [0.1, 0.15) is 39.4 Å². The molecule has 0 aliphatic rings. The van der Waals surface area contributed by atoms with Crippen LogP contribution in [-0.4, -0.2) is 20.7 Å². The molecule has 2 unspecified atom stereocenters. The van der Waals surface area contributed by atoms with Gasteiger partial charge in [0, 0.05) is 28.8 Å². The third-order valence-electron chi connectivity index (χ3n) is 2.41. The van der Waals surface area contributed by atoms with Gasteiger partial charge in [-0.05, 0) is 12.8 Å². The molecule has 3 nitrogen and oxygen atoms in total. The quantitative estimate of drug-likeness (QED) is 0.844. The van der Waals surface area contributed by atoms with Crippen LogP contribution < -0.4 is 5.32 Å². The van der Waals surface area contributed by atoms with Crippen molar-refractivity contribution in [1.82, 2.24) is 9.36 Å². The molecule has 1 aromatic rings. The van der Waals surface area contributed by atoms with Gasteiger partial charge in [0.25, 0.3) is 0 Å². The van der Waals surface area contributed by atoms with Crippen LogP contribution in [0.4, 0.5) is 5.13 Å². The van der Waals surface area contributed by atoms with Crippen LogP contribution >= 0.6 is 27.5 Å². The third kappa shape index (κ3) is 3.72. The smallest absolute Gasteiger partial charge is 0.202 e. The van der Waals surface area contributed by atoms with Gasteiger partial charge in [-0.2, -0.15) is 4.37 Å². The van der Waals surface area contributed by atoms with Crippen LogP contribution in [0, 0.1) is 5.92 Å². The molecular formula is C10H18BrN3S. The average molecular weight is 292 g/mol. The van der Waals surface area contributed by atoms with Crippen LogP contribution in [-0.2, 0) is 0 Å². The van der Waals surface area contributed by atoms with E-state index in [0.29, 0.717) is 17.9 Å². The molecule has 86 valence electrons. The molecule has 2 atom stereocenters. The predicted molar refractivity (Wildman–Crippen MR) is 70.0 cm³/mol. The SMILES string of the molecule is CC(C)c1nsc(NC(C)C(C)CBr)n1. The molecule has 1 aromatic heterocycles. The molecule has 0 saturated heterocycles. The fraction of sp³-hybridized carbons (Fsp3) is 0.800. The van der Waals surface area contributed by atoms with Gasteiger partial charge in [0.2, 0.25) is 5.13 Å². The van der Waals surface area contributed by atoms with Crippen LogP contribution in [0.5, 0.6) is 0 Å². The van der Waals surface area contributed by atoms with Crippen molar-refractivity contribution in [2.24, 2.45) is 5.92 Å². The van der Waals surface area contributed by atoms with Crippen molar-refractivity contribution in [3.8, 4) is 0 Å². The maximum atomic E-state index is 4.45. The van der Waals surface area contributed by atoms with Gasteiger partial charge in [0.15, 0.2) is 0 Å². The lowest BCUT2D eigenvalue weighted by Gasteiger charge is -2.18. The standard InChI is InChI=1S/C10H18BrN3S/c1-6(2)9-13-10(15-14-9)12-8(4)7(3)5-11/h6-8H,5H2,1-4H3,(H,12,13,14). The minimum Gasteiger partial charge on any atom is -0.358 e. The largest absolute Gasteiger partial charge is 0.358 e. The van der Waals surface area contributed by atoms with Crippen molar-refractivity contribution in [3.05, 3.63) is 5.82 Å². The maximum Gasteiger partial charge on any atom is 0.202 e. The van der Waals surface area contributed by atoms with Crippen molar-refractivity contribution in [2.75, 3.05) is 10.6 Å². The van der Waals surface area contributed by atoms with E-state index in [-0.39, 0.29) is 0 Å². The van der Waals surface area contributed by atoms with Gasteiger partial charge in [-0.3, -0.25) is 0 Å². The zero-order valence-electron chi connectivity index (χ0n) is 9.62. The minimum atomic E-state index is 0.403. The molecule has 0 spiro atoms. The van der Waals surface area contributed by atoms with E-state index >= 15 is 0 Å². The highest BCUT2D eigenvalue weighted by Gasteiger charge is 2.13. The number of nitrogens with zero attached hydrogens (tertiary/aromatic N) is 2. The van der Waals surface area contributed by atoms with E-state index < -0.39 is 0 Å². The molecular weight excluding hydrogens is 274 g/mol. The first-order valence-corrected chi connectivity index (χ1v) is 7.10. The number of rotatable bonds is 5. The van der Waals surface area contributed by atoms with Gasteiger partial charge in [0.05, 0.1) is 0 Å². The summed E-state index contributed by atoms with van der Waals surface area (Å²) in [6.45, 7) is 8.59. The number of nitrogens with one attached hydrogen (secondary N) is 1. The second-order valence-electron chi connectivity index (χ2n) is 4.18. The Balaban J connectivity index is 2.57. The molecule has 0 aliphatic carbocycles. The molecule has 0 fully saturated rings. The van der Waals surface area contributed by atoms with Crippen LogP contribution in [0.15, 0.2) is 0 Å². The summed E-state index contributed by atoms with van der Waals surface area (Å²) < 4.78 is 4.31. The molecule has 0 saturated carbocycles. The van der Waals surface area contributed by atoms with E-state index in [1.807, 2.05) is 0 Å². The Morgan fingerprint density at radius 1 is 1.33 bits per heavy atom. The number of hydrogen-bond acceptors (Lipinski definition) is 4. The lowest BCUT2D eigenvalue weighted by atomic mass is 10.1. The molecule has 1 N–H and O–H groups in total. The first-order valence-electron chi connectivity index (χ1n) is 5.20. The number of aromatic nitrogens is 2. The summed E-state index contributed by atoms with van der Waals surface area (Å²) in [5, 5.41) is 5.31. The summed E-state index contributed by atoms with van der Waals surface area (Å²) in [6.07, 6.45) is 0. The van der Waals surface area contributed by atoms with Crippen molar-refractivity contribution in [2.45, 2.75) is 39.7 Å². The number of anilines is 1. The third-order valence-corrected chi connectivity index (χ3v) is 4.09. The normalized spacial score (nSPS) is 15.3. The first kappa shape index (κ1) is 12.9. The molecule has 5 heteroatoms. The highest BCUT2D eigenvalue weighted by Crippen LogP contribution is 2.19. The van der Waals surface area contributed by atoms with Gasteiger partial charge in [-0.15, -0.1) is 0 Å². The van der Waals surface area contributed by atoms with Crippen LogP contribution in [0.2, 0.25) is 0 Å². The molecule has 0 aliphatic heterocycles. The average Bonchev–Trinajstić information content (AvgIpc) is 2.65. The fourth-order valence-electron chi connectivity index (χ4n) is 0.999. The van der Waals surface area contributed by atoms with E-state index in [1.54, 1.807) is 0 Å². The summed E-state index contributed by atoms with van der Waals surface area (Å²) in [5.74, 6) is 1.92. The Morgan fingerprint density at radius 2 is 2.00 bits per heavy atom. The summed E-state index contributed by atoms with van der Waals surface area (Å²) in [6, 6.07) is 0.414. The molecule has 0 radical (unpaired) electrons. The summed E-state index contributed by atoms with van der Waals surface area (Å²) in [4.78, 5) is 4.45. The Labute approximate surface area is 104 Å². The summed E-state index contributed by atoms with van der Waals surface area (Å²) >= 11 is 4.93. The summed E-state index contributed by atoms with van der Waals surface area (Å²) in [5.41, 5.74) is 0. The van der Waals surface area contributed by atoms with Crippen molar-refractivity contribution in [3.63, 3.8) is 0 Å². The lowest BCUT2D eigenvalue weighted by Crippen LogP contribution is -2.24. The topological polar surface area (TPSA) is 37.8 Å². The van der Waals surface area contributed by atoms with Gasteiger partial charge in [-0.25, -0.2) is 4.98 Å². The zero-order valence-corrected chi connectivity index (χ0v) is 12.0. The van der Waals surface area contributed by atoms with E-state index in [2.05, 4.69) is 58.3 Å². The number of halogens is 1. The predicted octanol–water partition coefficient (Wildman–Crippen LogP) is 3.49. The Hall–Kier alpha value is -0.160. The summed E-state index contributed by atoms with van der Waals surface area (Å²) in [7, 11) is 0. The van der Waals surface area contributed by atoms with E-state index in [0.717, 1.165) is 16.3 Å². The Morgan fingerprint density at radius 3 is 2.47 bits per heavy atom. The Bertz CT molecular complexity index is 301. The highest BCUT2D eigenvalue weighted by molar-refractivity contribution is 9.09. The molecule has 1 heterocycles. The zero-order chi connectivity index (χ0) is 11.4. The number of hydrogen-bond donors (Lipinski definition) is 1. The second kappa shape index (κ2) is 5.80. The van der Waals surface area contributed by atoms with E-state index in [1.165, 1.54) is 11.5 Å². The first-order chi connectivity index (χ1) is 7.04. The van der Waals surface area contributed by atoms with Crippen molar-refractivity contribution < 1.29 is 0 Å². The number of alkyl halides is 1. The maximum absolute atomic E-state index is 4.45. The van der Waals surface area contributed by atoms with Crippen LogP contribution in [0.25, 0.3) is 0 Å². The van der Waals surface area contributed by atoms with Gasteiger partial charge in [-0.1, -0.05) is 36.7 Å². The van der Waals surface area contributed by atoms with Crippen LogP contribution in [0.3, 0.4) is 0 Å². The highest BCUT2D eigenvalue weighted by atomic mass is 79.9. The molecule has 1 rings (SSSR count). The minimum absolute atomic E-state index is 0.403. The fourth-order valence-corrected chi connectivity index (χ4v) is 2.36. The van der Waals surface area contributed by atoms with Gasteiger partial charge in [0.1, 0.15) is 5.82 Å². The molecule has 0 bridgehead atoms. The van der Waals surface area contributed by atoms with E-state index in [4.69, 9.17) is 0 Å². The molecule has 0 aromatic carbocycles.